The predicted molar refractivity (Wildman–Crippen MR) is 56.0 cm³/mol. The highest BCUT2D eigenvalue weighted by Crippen LogP contribution is 2.01. The standard InChI is InChI=1S/C8H16INO/c1-4-7(5-2)10-8(11)6(3)9/h6-7H,4-5H2,1-3H3,(H,10,11). The lowest BCUT2D eigenvalue weighted by atomic mass is 10.2. The molecule has 1 amide bonds. The van der Waals surface area contributed by atoms with Crippen LogP contribution in [0.3, 0.4) is 0 Å². The van der Waals surface area contributed by atoms with E-state index in [-0.39, 0.29) is 9.83 Å². The van der Waals surface area contributed by atoms with Crippen molar-refractivity contribution in [2.45, 2.75) is 43.6 Å². The topological polar surface area (TPSA) is 29.1 Å². The summed E-state index contributed by atoms with van der Waals surface area (Å²) in [6.45, 7) is 6.08. The van der Waals surface area contributed by atoms with Gasteiger partial charge in [0.25, 0.3) is 0 Å². The molecule has 0 spiro atoms. The average Bonchev–Trinajstić information content (AvgIpc) is 1.99. The van der Waals surface area contributed by atoms with Gasteiger partial charge >= 0.3 is 0 Å². The van der Waals surface area contributed by atoms with E-state index in [1.807, 2.05) is 6.92 Å². The lowest BCUT2D eigenvalue weighted by Crippen LogP contribution is -2.37. The van der Waals surface area contributed by atoms with E-state index in [4.69, 9.17) is 0 Å². The summed E-state index contributed by atoms with van der Waals surface area (Å²) in [5.41, 5.74) is 0. The van der Waals surface area contributed by atoms with Crippen molar-refractivity contribution >= 4 is 28.5 Å². The van der Waals surface area contributed by atoms with Crippen molar-refractivity contribution in [3.8, 4) is 0 Å². The van der Waals surface area contributed by atoms with E-state index in [1.165, 1.54) is 0 Å². The maximum absolute atomic E-state index is 11.2. The molecule has 0 aromatic heterocycles. The smallest absolute Gasteiger partial charge is 0.232 e. The molecule has 0 rings (SSSR count). The first-order valence-corrected chi connectivity index (χ1v) is 5.30. The maximum Gasteiger partial charge on any atom is 0.232 e. The van der Waals surface area contributed by atoms with Crippen LogP contribution in [0.2, 0.25) is 0 Å². The molecule has 0 saturated heterocycles. The molecule has 0 bridgehead atoms. The molecule has 0 aliphatic heterocycles. The molecule has 0 heterocycles. The van der Waals surface area contributed by atoms with Crippen molar-refractivity contribution < 1.29 is 4.79 Å². The highest BCUT2D eigenvalue weighted by molar-refractivity contribution is 14.1. The van der Waals surface area contributed by atoms with Crippen LogP contribution in [0.5, 0.6) is 0 Å². The third kappa shape index (κ3) is 4.61. The molecule has 2 nitrogen and oxygen atoms in total. The van der Waals surface area contributed by atoms with Crippen LogP contribution in [0.1, 0.15) is 33.6 Å². The molecule has 66 valence electrons. The quantitative estimate of drug-likeness (QED) is 0.614. The van der Waals surface area contributed by atoms with Crippen LogP contribution < -0.4 is 5.32 Å². The lowest BCUT2D eigenvalue weighted by Gasteiger charge is -2.15. The molecular weight excluding hydrogens is 253 g/mol. The zero-order chi connectivity index (χ0) is 8.85. The second-order valence-corrected chi connectivity index (χ2v) is 4.51. The molecule has 3 heteroatoms. The molecule has 0 radical (unpaired) electrons. The van der Waals surface area contributed by atoms with E-state index in [0.29, 0.717) is 6.04 Å². The number of alkyl halides is 1. The van der Waals surface area contributed by atoms with Crippen LogP contribution in [-0.2, 0) is 4.79 Å². The fourth-order valence-corrected chi connectivity index (χ4v) is 0.989. The first-order chi connectivity index (χ1) is 5.11. The molecule has 0 aromatic carbocycles. The number of nitrogens with one attached hydrogen (secondary N) is 1. The Morgan fingerprint density at radius 2 is 1.91 bits per heavy atom. The fraction of sp³-hybridized carbons (Fsp3) is 0.875. The average molecular weight is 269 g/mol. The minimum Gasteiger partial charge on any atom is -0.352 e. The molecule has 1 atom stereocenters. The third-order valence-corrected chi connectivity index (χ3v) is 2.26. The first-order valence-electron chi connectivity index (χ1n) is 4.06. The summed E-state index contributed by atoms with van der Waals surface area (Å²) in [7, 11) is 0. The van der Waals surface area contributed by atoms with Crippen molar-refractivity contribution in [3.63, 3.8) is 0 Å². The summed E-state index contributed by atoms with van der Waals surface area (Å²) in [5.74, 6) is 0.152. The van der Waals surface area contributed by atoms with Gasteiger partial charge in [-0.1, -0.05) is 36.4 Å². The Bertz CT molecular complexity index is 121. The zero-order valence-corrected chi connectivity index (χ0v) is 9.51. The summed E-state index contributed by atoms with van der Waals surface area (Å²) >= 11 is 2.12. The van der Waals surface area contributed by atoms with E-state index >= 15 is 0 Å². The molecule has 0 fully saturated rings. The van der Waals surface area contributed by atoms with Gasteiger partial charge < -0.3 is 5.32 Å². The Labute approximate surface area is 82.3 Å². The Kier molecular flexibility index (Phi) is 5.91. The number of rotatable bonds is 4. The maximum atomic E-state index is 11.2. The molecule has 11 heavy (non-hydrogen) atoms. The summed E-state index contributed by atoms with van der Waals surface area (Å²) in [5, 5.41) is 2.97. The monoisotopic (exact) mass is 269 g/mol. The zero-order valence-electron chi connectivity index (χ0n) is 7.36. The SMILES string of the molecule is CCC(CC)NC(=O)C(C)I. The lowest BCUT2D eigenvalue weighted by molar-refractivity contribution is -0.120. The Balaban J connectivity index is 3.72. The molecule has 1 N–H and O–H groups in total. The van der Waals surface area contributed by atoms with Crippen LogP contribution in [-0.4, -0.2) is 15.9 Å². The van der Waals surface area contributed by atoms with Gasteiger partial charge in [0.1, 0.15) is 0 Å². The Hall–Kier alpha value is 0.200. The Morgan fingerprint density at radius 1 is 1.45 bits per heavy atom. The molecular formula is C8H16INO. The molecule has 1 unspecified atom stereocenters. The Morgan fingerprint density at radius 3 is 2.18 bits per heavy atom. The van der Waals surface area contributed by atoms with E-state index < -0.39 is 0 Å². The first kappa shape index (κ1) is 11.2. The van der Waals surface area contributed by atoms with Crippen LogP contribution in [0.15, 0.2) is 0 Å². The van der Waals surface area contributed by atoms with Crippen LogP contribution in [0.25, 0.3) is 0 Å². The van der Waals surface area contributed by atoms with Crippen LogP contribution in [0.4, 0.5) is 0 Å². The van der Waals surface area contributed by atoms with E-state index in [0.717, 1.165) is 12.8 Å². The van der Waals surface area contributed by atoms with Gasteiger partial charge in [-0.2, -0.15) is 0 Å². The van der Waals surface area contributed by atoms with Crippen molar-refractivity contribution in [1.29, 1.82) is 0 Å². The second kappa shape index (κ2) is 5.80. The highest BCUT2D eigenvalue weighted by atomic mass is 127. The van der Waals surface area contributed by atoms with Crippen molar-refractivity contribution in [2.24, 2.45) is 0 Å². The van der Waals surface area contributed by atoms with E-state index in [2.05, 4.69) is 41.8 Å². The number of hydrogen-bond acceptors (Lipinski definition) is 1. The van der Waals surface area contributed by atoms with Gasteiger partial charge in [0.15, 0.2) is 0 Å². The van der Waals surface area contributed by atoms with Crippen molar-refractivity contribution in [2.75, 3.05) is 0 Å². The largest absolute Gasteiger partial charge is 0.352 e. The van der Waals surface area contributed by atoms with Crippen LogP contribution in [0, 0.1) is 0 Å². The second-order valence-electron chi connectivity index (χ2n) is 2.64. The third-order valence-electron chi connectivity index (χ3n) is 1.69. The van der Waals surface area contributed by atoms with Gasteiger partial charge in [-0.15, -0.1) is 0 Å². The summed E-state index contributed by atoms with van der Waals surface area (Å²) in [6.07, 6.45) is 2.04. The highest BCUT2D eigenvalue weighted by Gasteiger charge is 2.11. The van der Waals surface area contributed by atoms with E-state index in [9.17, 15) is 4.79 Å². The molecule has 0 saturated carbocycles. The number of amides is 1. The minimum atomic E-state index is 0.0770. The van der Waals surface area contributed by atoms with Crippen molar-refractivity contribution in [1.82, 2.24) is 5.32 Å². The van der Waals surface area contributed by atoms with Gasteiger partial charge in [-0.05, 0) is 19.8 Å². The van der Waals surface area contributed by atoms with Crippen molar-refractivity contribution in [3.05, 3.63) is 0 Å². The fourth-order valence-electron chi connectivity index (χ4n) is 0.809. The molecule has 0 aliphatic carbocycles. The normalized spacial score (nSPS) is 13.2. The predicted octanol–water partition coefficient (Wildman–Crippen LogP) is 2.11. The van der Waals surface area contributed by atoms with Gasteiger partial charge in [0.05, 0.1) is 3.92 Å². The number of halogens is 1. The van der Waals surface area contributed by atoms with E-state index in [1.54, 1.807) is 0 Å². The van der Waals surface area contributed by atoms with Crippen LogP contribution >= 0.6 is 22.6 Å². The molecule has 0 aromatic rings. The molecule has 0 aliphatic rings. The summed E-state index contributed by atoms with van der Waals surface area (Å²) < 4.78 is 0.0770. The number of carbonyl (C=O) groups is 1. The summed E-state index contributed by atoms with van der Waals surface area (Å²) in [4.78, 5) is 11.2. The summed E-state index contributed by atoms with van der Waals surface area (Å²) in [6, 6.07) is 0.361. The van der Waals surface area contributed by atoms with Gasteiger partial charge in [-0.25, -0.2) is 0 Å². The van der Waals surface area contributed by atoms with Gasteiger partial charge in [-0.3, -0.25) is 4.79 Å². The minimum absolute atomic E-state index is 0.0770. The number of carbonyl (C=O) groups excluding carboxylic acids is 1. The van der Waals surface area contributed by atoms with Gasteiger partial charge in [0, 0.05) is 6.04 Å². The number of hydrogen-bond donors (Lipinski definition) is 1. The van der Waals surface area contributed by atoms with Gasteiger partial charge in [0.2, 0.25) is 5.91 Å².